The molecule has 2 aromatic heterocycles. The highest BCUT2D eigenvalue weighted by atomic mass is 16.5. The van der Waals surface area contributed by atoms with E-state index in [9.17, 15) is 9.59 Å². The van der Waals surface area contributed by atoms with E-state index in [1.165, 1.54) is 35.7 Å². The molecule has 1 aliphatic carbocycles. The van der Waals surface area contributed by atoms with E-state index in [4.69, 9.17) is 15.5 Å². The lowest BCUT2D eigenvalue weighted by molar-refractivity contribution is -0.134. The van der Waals surface area contributed by atoms with Gasteiger partial charge in [0.15, 0.2) is 5.82 Å². The van der Waals surface area contributed by atoms with Crippen molar-refractivity contribution >= 4 is 33.8 Å². The van der Waals surface area contributed by atoms with Crippen molar-refractivity contribution in [2.75, 3.05) is 39.8 Å². The lowest BCUT2D eigenvalue weighted by Crippen LogP contribution is -2.50. The van der Waals surface area contributed by atoms with Crippen molar-refractivity contribution in [1.82, 2.24) is 23.9 Å². The van der Waals surface area contributed by atoms with Gasteiger partial charge >= 0.3 is 0 Å². The van der Waals surface area contributed by atoms with Crippen LogP contribution in [0.4, 0.5) is 0 Å². The summed E-state index contributed by atoms with van der Waals surface area (Å²) < 4.78 is 10.4. The Labute approximate surface area is 252 Å². The standard InChI is InChI=1S/C34H42N6O3/c1-4-21-7-6-12-38(17-21)34(42)24-13-27-32(29(15-24)43-3)37(2)33(36-27)28-14-23-8-5-9-26(25-19-39(20-25)30(41)16-35)31(23)40(28)18-22-10-11-22/h5,8-9,13-15,21-22,25H,4,6-7,10-12,16-20,35H2,1-3H3/t21-/m1/s1. The fraction of sp³-hybridized carbons (Fsp3) is 0.500. The number of aryl methyl sites for hydroxylation is 1. The summed E-state index contributed by atoms with van der Waals surface area (Å²) in [6.45, 7) is 6.21. The fourth-order valence-corrected chi connectivity index (χ4v) is 7.21. The molecule has 4 aromatic rings. The highest BCUT2D eigenvalue weighted by Crippen LogP contribution is 2.41. The number of carbonyl (C=O) groups is 2. The number of methoxy groups -OCH3 is 1. The molecule has 3 aliphatic rings. The van der Waals surface area contributed by atoms with Crippen molar-refractivity contribution in [3.63, 3.8) is 0 Å². The second kappa shape index (κ2) is 11.0. The highest BCUT2D eigenvalue weighted by Gasteiger charge is 2.34. The topological polar surface area (TPSA) is 98.6 Å². The van der Waals surface area contributed by atoms with Gasteiger partial charge in [0, 0.05) is 56.6 Å². The van der Waals surface area contributed by atoms with Crippen LogP contribution in [-0.4, -0.2) is 75.6 Å². The summed E-state index contributed by atoms with van der Waals surface area (Å²) in [4.78, 5) is 34.8. The molecule has 2 amide bonds. The Kier molecular flexibility index (Phi) is 7.16. The number of ether oxygens (including phenoxy) is 1. The average molecular weight is 583 g/mol. The minimum absolute atomic E-state index is 0.00874. The maximum Gasteiger partial charge on any atom is 0.254 e. The minimum atomic E-state index is 0.00874. The van der Waals surface area contributed by atoms with Crippen LogP contribution in [0.2, 0.25) is 0 Å². The average Bonchev–Trinajstić information content (AvgIpc) is 3.67. The van der Waals surface area contributed by atoms with E-state index in [0.717, 1.165) is 55.0 Å². The Bertz CT molecular complexity index is 1710. The number of hydrogen-bond donors (Lipinski definition) is 1. The van der Waals surface area contributed by atoms with E-state index in [2.05, 4.69) is 40.3 Å². The van der Waals surface area contributed by atoms with E-state index < -0.39 is 0 Å². The van der Waals surface area contributed by atoms with E-state index in [-0.39, 0.29) is 24.3 Å². The van der Waals surface area contributed by atoms with E-state index in [0.29, 0.717) is 36.2 Å². The zero-order valence-corrected chi connectivity index (χ0v) is 25.5. The molecule has 226 valence electrons. The molecule has 0 bridgehead atoms. The summed E-state index contributed by atoms with van der Waals surface area (Å²) >= 11 is 0. The molecule has 0 unspecified atom stereocenters. The van der Waals surface area contributed by atoms with Crippen LogP contribution in [0.25, 0.3) is 33.5 Å². The number of fused-ring (bicyclic) bond motifs is 2. The quantitative estimate of drug-likeness (QED) is 0.323. The van der Waals surface area contributed by atoms with Gasteiger partial charge in [0.1, 0.15) is 11.3 Å². The fourth-order valence-electron chi connectivity index (χ4n) is 7.21. The second-order valence-corrected chi connectivity index (χ2v) is 12.8. The van der Waals surface area contributed by atoms with Crippen LogP contribution >= 0.6 is 0 Å². The molecule has 2 aromatic carbocycles. The largest absolute Gasteiger partial charge is 0.494 e. The van der Waals surface area contributed by atoms with Gasteiger partial charge in [-0.1, -0.05) is 31.5 Å². The Hall–Kier alpha value is -3.85. The molecule has 0 radical (unpaired) electrons. The van der Waals surface area contributed by atoms with E-state index >= 15 is 0 Å². The number of benzene rings is 2. The Morgan fingerprint density at radius 3 is 2.56 bits per heavy atom. The first-order valence-corrected chi connectivity index (χ1v) is 15.8. The summed E-state index contributed by atoms with van der Waals surface area (Å²) in [6.07, 6.45) is 5.80. The van der Waals surface area contributed by atoms with Crippen LogP contribution in [0.15, 0.2) is 36.4 Å². The summed E-state index contributed by atoms with van der Waals surface area (Å²) in [6, 6.07) is 12.6. The van der Waals surface area contributed by atoms with Crippen molar-refractivity contribution in [2.45, 2.75) is 51.5 Å². The first-order chi connectivity index (χ1) is 20.9. The normalized spacial score (nSPS) is 19.3. The second-order valence-electron chi connectivity index (χ2n) is 12.8. The number of hydrogen-bond acceptors (Lipinski definition) is 5. The molecular weight excluding hydrogens is 540 g/mol. The number of nitrogens with two attached hydrogens (primary N) is 1. The van der Waals surface area contributed by atoms with Gasteiger partial charge in [-0.3, -0.25) is 9.59 Å². The first-order valence-electron chi connectivity index (χ1n) is 15.8. The van der Waals surface area contributed by atoms with Crippen molar-refractivity contribution in [3.8, 4) is 17.3 Å². The van der Waals surface area contributed by atoms with Crippen LogP contribution in [0, 0.1) is 11.8 Å². The third-order valence-corrected chi connectivity index (χ3v) is 9.95. The number of nitrogens with zero attached hydrogens (tertiary/aromatic N) is 5. The molecule has 4 heterocycles. The van der Waals surface area contributed by atoms with Crippen LogP contribution in [0.1, 0.15) is 60.9 Å². The number of rotatable bonds is 8. The zero-order chi connectivity index (χ0) is 29.8. The van der Waals surface area contributed by atoms with Gasteiger partial charge < -0.3 is 29.4 Å². The SMILES string of the molecule is CC[C@@H]1CCCN(C(=O)c2cc(OC)c3c(c2)nc(-c2cc4cccc(C5CN(C(=O)CN)C5)c4n2CC2CC2)n3C)C1. The molecule has 0 spiro atoms. The molecule has 7 rings (SSSR count). The number of piperidine rings is 1. The monoisotopic (exact) mass is 582 g/mol. The molecule has 2 saturated heterocycles. The van der Waals surface area contributed by atoms with Gasteiger partial charge in [-0.15, -0.1) is 0 Å². The smallest absolute Gasteiger partial charge is 0.254 e. The van der Waals surface area contributed by atoms with Gasteiger partial charge in [-0.05, 0) is 61.3 Å². The molecule has 2 N–H and O–H groups in total. The zero-order valence-electron chi connectivity index (χ0n) is 25.5. The summed E-state index contributed by atoms with van der Waals surface area (Å²) in [5, 5.41) is 1.18. The predicted molar refractivity (Wildman–Crippen MR) is 168 cm³/mol. The third-order valence-electron chi connectivity index (χ3n) is 9.95. The van der Waals surface area contributed by atoms with Crippen LogP contribution in [-0.2, 0) is 18.4 Å². The minimum Gasteiger partial charge on any atom is -0.494 e. The Morgan fingerprint density at radius 1 is 1.02 bits per heavy atom. The molecule has 1 atom stereocenters. The Morgan fingerprint density at radius 2 is 1.84 bits per heavy atom. The number of aromatic nitrogens is 3. The number of amides is 2. The number of imidazole rings is 1. The molecule has 9 heteroatoms. The summed E-state index contributed by atoms with van der Waals surface area (Å²) in [5.41, 5.74) is 11.5. The molecule has 2 aliphatic heterocycles. The Balaban J connectivity index is 1.31. The highest BCUT2D eigenvalue weighted by molar-refractivity contribution is 6.00. The summed E-state index contributed by atoms with van der Waals surface area (Å²) in [5.74, 6) is 3.09. The van der Waals surface area contributed by atoms with Gasteiger partial charge in [-0.25, -0.2) is 4.98 Å². The number of carbonyl (C=O) groups excluding carboxylic acids is 2. The van der Waals surface area contributed by atoms with Gasteiger partial charge in [0.25, 0.3) is 5.91 Å². The predicted octanol–water partition coefficient (Wildman–Crippen LogP) is 4.76. The molecule has 43 heavy (non-hydrogen) atoms. The van der Waals surface area contributed by atoms with Gasteiger partial charge in [0.2, 0.25) is 5.91 Å². The van der Waals surface area contributed by atoms with Crippen LogP contribution in [0.3, 0.4) is 0 Å². The van der Waals surface area contributed by atoms with Crippen molar-refractivity contribution in [1.29, 1.82) is 0 Å². The third kappa shape index (κ3) is 4.87. The molecular formula is C34H42N6O3. The maximum atomic E-state index is 13.7. The van der Waals surface area contributed by atoms with Crippen LogP contribution < -0.4 is 10.5 Å². The van der Waals surface area contributed by atoms with Crippen molar-refractivity contribution in [3.05, 3.63) is 47.5 Å². The van der Waals surface area contributed by atoms with Gasteiger partial charge in [-0.2, -0.15) is 0 Å². The lowest BCUT2D eigenvalue weighted by atomic mass is 9.90. The molecule has 3 fully saturated rings. The summed E-state index contributed by atoms with van der Waals surface area (Å²) in [7, 11) is 3.70. The van der Waals surface area contributed by atoms with Gasteiger partial charge in [0.05, 0.1) is 30.4 Å². The number of likely N-dealkylation sites (tertiary alicyclic amines) is 2. The number of para-hydroxylation sites is 1. The van der Waals surface area contributed by atoms with Crippen molar-refractivity contribution in [2.24, 2.45) is 24.6 Å². The first kappa shape index (κ1) is 28.0. The van der Waals surface area contributed by atoms with Crippen molar-refractivity contribution < 1.29 is 14.3 Å². The molecule has 1 saturated carbocycles. The maximum absolute atomic E-state index is 13.7. The van der Waals surface area contributed by atoms with E-state index in [1.807, 2.05) is 29.0 Å². The van der Waals surface area contributed by atoms with Crippen LogP contribution in [0.5, 0.6) is 5.75 Å². The molecule has 9 nitrogen and oxygen atoms in total. The van der Waals surface area contributed by atoms with E-state index in [1.54, 1.807) is 7.11 Å². The lowest BCUT2D eigenvalue weighted by Gasteiger charge is -2.39.